The van der Waals surface area contributed by atoms with Crippen molar-refractivity contribution in [1.82, 2.24) is 4.31 Å². The number of anilines is 1. The molecule has 0 radical (unpaired) electrons. The molecule has 1 aliphatic rings. The van der Waals surface area contributed by atoms with E-state index in [0.717, 1.165) is 17.7 Å². The topological polar surface area (TPSA) is 66.5 Å². The van der Waals surface area contributed by atoms with Crippen molar-refractivity contribution in [3.63, 3.8) is 0 Å². The third-order valence-electron chi connectivity index (χ3n) is 4.51. The van der Waals surface area contributed by atoms with E-state index in [-0.39, 0.29) is 10.8 Å². The van der Waals surface area contributed by atoms with E-state index in [2.05, 4.69) is 5.32 Å². The molecule has 1 saturated heterocycles. The maximum absolute atomic E-state index is 13.1. The summed E-state index contributed by atoms with van der Waals surface area (Å²) in [6, 6.07) is 12.8. The van der Waals surface area contributed by atoms with Gasteiger partial charge in [0.25, 0.3) is 0 Å². The van der Waals surface area contributed by atoms with Crippen LogP contribution in [0.3, 0.4) is 0 Å². The van der Waals surface area contributed by atoms with E-state index >= 15 is 0 Å². The summed E-state index contributed by atoms with van der Waals surface area (Å²) in [5.74, 6) is -0.300. The number of rotatable bonds is 5. The Bertz CT molecular complexity index is 917. The van der Waals surface area contributed by atoms with E-state index in [1.54, 1.807) is 30.0 Å². The second kappa shape index (κ2) is 8.65. The first kappa shape index (κ1) is 20.2. The van der Waals surface area contributed by atoms with Gasteiger partial charge in [0.15, 0.2) is 0 Å². The number of nitrogens with one attached hydrogen (secondary N) is 1. The molecule has 1 atom stereocenters. The Balaban J connectivity index is 1.84. The highest BCUT2D eigenvalue weighted by molar-refractivity contribution is 7.98. The monoisotopic (exact) mass is 424 g/mol. The van der Waals surface area contributed by atoms with Gasteiger partial charge in [0.05, 0.1) is 4.90 Å². The fourth-order valence-electron chi connectivity index (χ4n) is 3.12. The molecule has 1 aliphatic heterocycles. The van der Waals surface area contributed by atoms with Gasteiger partial charge in [-0.3, -0.25) is 4.79 Å². The van der Waals surface area contributed by atoms with Gasteiger partial charge in [-0.25, -0.2) is 8.42 Å². The summed E-state index contributed by atoms with van der Waals surface area (Å²) in [5.41, 5.74) is 0.668. The zero-order valence-corrected chi connectivity index (χ0v) is 17.3. The first-order valence-corrected chi connectivity index (χ1v) is 11.7. The molecule has 8 heteroatoms. The molecule has 27 heavy (non-hydrogen) atoms. The lowest BCUT2D eigenvalue weighted by Crippen LogP contribution is -2.49. The Labute approximate surface area is 169 Å². The number of piperidine rings is 1. The van der Waals surface area contributed by atoms with Crippen LogP contribution in [0.25, 0.3) is 0 Å². The zero-order valence-electron chi connectivity index (χ0n) is 14.9. The number of hydrogen-bond donors (Lipinski definition) is 1. The summed E-state index contributed by atoms with van der Waals surface area (Å²) in [6.45, 7) is 0.327. The van der Waals surface area contributed by atoms with Crippen molar-refractivity contribution in [1.29, 1.82) is 0 Å². The summed E-state index contributed by atoms with van der Waals surface area (Å²) in [5, 5.41) is 3.34. The van der Waals surface area contributed by atoms with E-state index in [9.17, 15) is 13.2 Å². The minimum Gasteiger partial charge on any atom is -0.325 e. The summed E-state index contributed by atoms with van der Waals surface area (Å²) >= 11 is 7.45. The quantitative estimate of drug-likeness (QED) is 0.729. The molecule has 0 aromatic heterocycles. The van der Waals surface area contributed by atoms with Gasteiger partial charge >= 0.3 is 0 Å². The van der Waals surface area contributed by atoms with Gasteiger partial charge in [-0.15, -0.1) is 11.8 Å². The third kappa shape index (κ3) is 4.66. The Kier molecular flexibility index (Phi) is 6.47. The van der Waals surface area contributed by atoms with Gasteiger partial charge in [0.1, 0.15) is 6.04 Å². The lowest BCUT2D eigenvalue weighted by atomic mass is 10.0. The van der Waals surface area contributed by atoms with Crippen molar-refractivity contribution in [2.45, 2.75) is 35.1 Å². The van der Waals surface area contributed by atoms with Crippen molar-refractivity contribution in [2.75, 3.05) is 18.1 Å². The highest BCUT2D eigenvalue weighted by atomic mass is 35.5. The molecule has 1 amide bonds. The number of hydrogen-bond acceptors (Lipinski definition) is 4. The average Bonchev–Trinajstić information content (AvgIpc) is 2.68. The van der Waals surface area contributed by atoms with Crippen molar-refractivity contribution >= 4 is 45.0 Å². The minimum atomic E-state index is -3.77. The van der Waals surface area contributed by atoms with Crippen LogP contribution in [-0.2, 0) is 14.8 Å². The molecule has 0 spiro atoms. The number of carbonyl (C=O) groups is 1. The Morgan fingerprint density at radius 1 is 1.19 bits per heavy atom. The normalized spacial score (nSPS) is 18.2. The van der Waals surface area contributed by atoms with E-state index in [0.29, 0.717) is 23.7 Å². The molecule has 3 rings (SSSR count). The predicted octanol–water partition coefficient (Wildman–Crippen LogP) is 4.24. The molecule has 1 unspecified atom stereocenters. The molecule has 0 saturated carbocycles. The van der Waals surface area contributed by atoms with E-state index < -0.39 is 16.1 Å². The third-order valence-corrected chi connectivity index (χ3v) is 7.41. The highest BCUT2D eigenvalue weighted by Crippen LogP contribution is 2.27. The second-order valence-corrected chi connectivity index (χ2v) is 9.51. The van der Waals surface area contributed by atoms with Crippen molar-refractivity contribution in [3.8, 4) is 0 Å². The Hall–Kier alpha value is -1.54. The summed E-state index contributed by atoms with van der Waals surface area (Å²) in [7, 11) is -3.77. The maximum atomic E-state index is 13.1. The van der Waals surface area contributed by atoms with Crippen LogP contribution in [0, 0.1) is 0 Å². The van der Waals surface area contributed by atoms with Gasteiger partial charge in [-0.1, -0.05) is 24.1 Å². The number of thioether (sulfide) groups is 1. The van der Waals surface area contributed by atoms with Crippen LogP contribution in [0.5, 0.6) is 0 Å². The molecule has 0 aliphatic carbocycles. The summed E-state index contributed by atoms with van der Waals surface area (Å²) in [6.07, 6.45) is 4.01. The van der Waals surface area contributed by atoms with Crippen LogP contribution in [0.15, 0.2) is 58.3 Å². The molecule has 2 aromatic carbocycles. The van der Waals surface area contributed by atoms with Crippen LogP contribution in [-0.4, -0.2) is 37.5 Å². The Morgan fingerprint density at radius 3 is 2.63 bits per heavy atom. The van der Waals surface area contributed by atoms with E-state index in [1.165, 1.54) is 16.4 Å². The fraction of sp³-hybridized carbons (Fsp3) is 0.316. The van der Waals surface area contributed by atoms with Crippen LogP contribution >= 0.6 is 23.4 Å². The molecular formula is C19H21ClN2O3S2. The van der Waals surface area contributed by atoms with Crippen LogP contribution in [0.2, 0.25) is 5.02 Å². The number of halogens is 1. The average molecular weight is 425 g/mol. The van der Waals surface area contributed by atoms with Crippen LogP contribution in [0.4, 0.5) is 5.69 Å². The number of sulfonamides is 1. The van der Waals surface area contributed by atoms with Crippen molar-refractivity contribution in [2.24, 2.45) is 0 Å². The van der Waals surface area contributed by atoms with Gasteiger partial charge in [0, 0.05) is 22.2 Å². The molecule has 1 heterocycles. The summed E-state index contributed by atoms with van der Waals surface area (Å²) < 4.78 is 27.4. The van der Waals surface area contributed by atoms with E-state index in [1.807, 2.05) is 24.5 Å². The van der Waals surface area contributed by atoms with Crippen molar-refractivity contribution in [3.05, 3.63) is 53.6 Å². The van der Waals surface area contributed by atoms with Gasteiger partial charge < -0.3 is 5.32 Å². The molecule has 1 N–H and O–H groups in total. The standard InChI is InChI=1S/C19H21ClN2O3S2/c1-26-16-6-4-5-15(13-16)21-19(23)18-7-2-3-12-22(18)27(24,25)17-10-8-14(20)9-11-17/h4-6,8-11,13,18H,2-3,7,12H2,1H3,(H,21,23). The van der Waals surface area contributed by atoms with Gasteiger partial charge in [0.2, 0.25) is 15.9 Å². The molecule has 5 nitrogen and oxygen atoms in total. The van der Waals surface area contributed by atoms with Crippen molar-refractivity contribution < 1.29 is 13.2 Å². The number of nitrogens with zero attached hydrogens (tertiary/aromatic N) is 1. The number of benzene rings is 2. The fourth-order valence-corrected chi connectivity index (χ4v) is 5.36. The van der Waals surface area contributed by atoms with Gasteiger partial charge in [-0.2, -0.15) is 4.31 Å². The highest BCUT2D eigenvalue weighted by Gasteiger charge is 2.37. The molecule has 1 fully saturated rings. The molecule has 0 bridgehead atoms. The summed E-state index contributed by atoms with van der Waals surface area (Å²) in [4.78, 5) is 14.0. The molecule has 2 aromatic rings. The minimum absolute atomic E-state index is 0.149. The predicted molar refractivity (Wildman–Crippen MR) is 110 cm³/mol. The Morgan fingerprint density at radius 2 is 1.93 bits per heavy atom. The molecular weight excluding hydrogens is 404 g/mol. The lowest BCUT2D eigenvalue weighted by Gasteiger charge is -2.33. The largest absolute Gasteiger partial charge is 0.325 e. The first-order valence-electron chi connectivity index (χ1n) is 8.64. The molecule has 144 valence electrons. The zero-order chi connectivity index (χ0) is 19.4. The second-order valence-electron chi connectivity index (χ2n) is 6.30. The smallest absolute Gasteiger partial charge is 0.243 e. The maximum Gasteiger partial charge on any atom is 0.243 e. The van der Waals surface area contributed by atoms with Gasteiger partial charge in [-0.05, 0) is 61.6 Å². The SMILES string of the molecule is CSc1cccc(NC(=O)C2CCCCN2S(=O)(=O)c2ccc(Cl)cc2)c1. The number of carbonyl (C=O) groups excluding carboxylic acids is 1. The first-order chi connectivity index (χ1) is 12.9. The van der Waals surface area contributed by atoms with Crippen LogP contribution < -0.4 is 5.32 Å². The van der Waals surface area contributed by atoms with Crippen LogP contribution in [0.1, 0.15) is 19.3 Å². The van der Waals surface area contributed by atoms with E-state index in [4.69, 9.17) is 11.6 Å². The lowest BCUT2D eigenvalue weighted by molar-refractivity contribution is -0.120. The number of amides is 1.